The highest BCUT2D eigenvalue weighted by molar-refractivity contribution is 5.78. The maximum absolute atomic E-state index is 4.14. The summed E-state index contributed by atoms with van der Waals surface area (Å²) in [4.78, 5) is 2.66. The molecule has 0 spiro atoms. The molecular weight excluding hydrogens is 318 g/mol. The van der Waals surface area contributed by atoms with Crippen molar-refractivity contribution in [3.05, 3.63) is 65.4 Å². The van der Waals surface area contributed by atoms with E-state index in [1.807, 2.05) is 6.20 Å². The Hall–Kier alpha value is -2.13. The van der Waals surface area contributed by atoms with E-state index in [9.17, 15) is 0 Å². The van der Waals surface area contributed by atoms with Crippen LogP contribution in [0.2, 0.25) is 0 Å². The SMILES string of the molecule is c1cc(CN2CCCC(Cc3ccc4[nH]ncc4c3)C2)cc(C2CC2)c1. The molecule has 1 aliphatic heterocycles. The number of piperidine rings is 1. The molecule has 2 fully saturated rings. The van der Waals surface area contributed by atoms with Crippen molar-refractivity contribution in [1.29, 1.82) is 0 Å². The summed E-state index contributed by atoms with van der Waals surface area (Å²) in [5.74, 6) is 1.61. The van der Waals surface area contributed by atoms with Crippen LogP contribution in [0.15, 0.2) is 48.7 Å². The van der Waals surface area contributed by atoms with Crippen LogP contribution >= 0.6 is 0 Å². The number of rotatable bonds is 5. The van der Waals surface area contributed by atoms with Gasteiger partial charge in [-0.2, -0.15) is 5.10 Å². The summed E-state index contributed by atoms with van der Waals surface area (Å²) in [6.07, 6.45) is 8.55. The van der Waals surface area contributed by atoms with Crippen molar-refractivity contribution in [1.82, 2.24) is 15.1 Å². The Kier molecular flexibility index (Phi) is 4.25. The quantitative estimate of drug-likeness (QED) is 0.713. The fourth-order valence-electron chi connectivity index (χ4n) is 4.53. The topological polar surface area (TPSA) is 31.9 Å². The van der Waals surface area contributed by atoms with Crippen LogP contribution in [-0.4, -0.2) is 28.2 Å². The Morgan fingerprint density at radius 2 is 2.00 bits per heavy atom. The second kappa shape index (κ2) is 6.88. The summed E-state index contributed by atoms with van der Waals surface area (Å²) in [7, 11) is 0. The van der Waals surface area contributed by atoms with E-state index >= 15 is 0 Å². The summed E-state index contributed by atoms with van der Waals surface area (Å²) in [6.45, 7) is 3.57. The molecule has 0 bridgehead atoms. The Labute approximate surface area is 155 Å². The van der Waals surface area contributed by atoms with Crippen LogP contribution in [0.4, 0.5) is 0 Å². The first-order chi connectivity index (χ1) is 12.8. The van der Waals surface area contributed by atoms with Gasteiger partial charge in [-0.15, -0.1) is 0 Å². The summed E-state index contributed by atoms with van der Waals surface area (Å²) in [5.41, 5.74) is 5.63. The molecule has 26 heavy (non-hydrogen) atoms. The van der Waals surface area contributed by atoms with Gasteiger partial charge in [-0.3, -0.25) is 10.00 Å². The van der Waals surface area contributed by atoms with Crippen LogP contribution in [0.25, 0.3) is 10.9 Å². The number of H-pyrrole nitrogens is 1. The highest BCUT2D eigenvalue weighted by Crippen LogP contribution is 2.40. The minimum absolute atomic E-state index is 0.764. The van der Waals surface area contributed by atoms with Crippen molar-refractivity contribution in [2.45, 2.75) is 44.6 Å². The van der Waals surface area contributed by atoms with E-state index < -0.39 is 0 Å². The molecule has 134 valence electrons. The largest absolute Gasteiger partial charge is 0.299 e. The molecule has 1 atom stereocenters. The van der Waals surface area contributed by atoms with Crippen molar-refractivity contribution in [2.24, 2.45) is 5.92 Å². The van der Waals surface area contributed by atoms with Crippen LogP contribution < -0.4 is 0 Å². The molecule has 1 unspecified atom stereocenters. The molecule has 2 aliphatic rings. The summed E-state index contributed by atoms with van der Waals surface area (Å²) in [6, 6.07) is 16.1. The van der Waals surface area contributed by atoms with Gasteiger partial charge in [-0.05, 0) is 79.3 Å². The zero-order chi connectivity index (χ0) is 17.3. The van der Waals surface area contributed by atoms with Gasteiger partial charge in [0.15, 0.2) is 0 Å². The number of benzene rings is 2. The molecule has 5 rings (SSSR count). The average Bonchev–Trinajstić information content (AvgIpc) is 3.41. The van der Waals surface area contributed by atoms with Crippen LogP contribution in [0.3, 0.4) is 0 Å². The monoisotopic (exact) mass is 345 g/mol. The number of hydrogen-bond acceptors (Lipinski definition) is 2. The van der Waals surface area contributed by atoms with E-state index in [4.69, 9.17) is 0 Å². The lowest BCUT2D eigenvalue weighted by molar-refractivity contribution is 0.167. The molecule has 0 radical (unpaired) electrons. The summed E-state index contributed by atoms with van der Waals surface area (Å²) < 4.78 is 0. The third kappa shape index (κ3) is 3.54. The summed E-state index contributed by atoms with van der Waals surface area (Å²) in [5, 5.41) is 8.41. The van der Waals surface area contributed by atoms with Gasteiger partial charge in [0.1, 0.15) is 0 Å². The van der Waals surface area contributed by atoms with E-state index in [1.54, 1.807) is 5.56 Å². The van der Waals surface area contributed by atoms with Crippen LogP contribution in [0.5, 0.6) is 0 Å². The molecule has 3 heteroatoms. The first kappa shape index (κ1) is 16.1. The first-order valence-electron chi connectivity index (χ1n) is 10.1. The van der Waals surface area contributed by atoms with Gasteiger partial charge in [0.2, 0.25) is 0 Å². The predicted molar refractivity (Wildman–Crippen MR) is 106 cm³/mol. The predicted octanol–water partition coefficient (Wildman–Crippen LogP) is 4.90. The molecule has 0 amide bonds. The van der Waals surface area contributed by atoms with E-state index in [-0.39, 0.29) is 0 Å². The van der Waals surface area contributed by atoms with Crippen LogP contribution in [-0.2, 0) is 13.0 Å². The molecule has 3 aromatic rings. The molecule has 1 aromatic heterocycles. The van der Waals surface area contributed by atoms with Gasteiger partial charge in [0.25, 0.3) is 0 Å². The minimum atomic E-state index is 0.764. The number of likely N-dealkylation sites (tertiary alicyclic amines) is 1. The Bertz CT molecular complexity index is 893. The van der Waals surface area contributed by atoms with E-state index in [2.05, 4.69) is 57.6 Å². The molecular formula is C23H27N3. The zero-order valence-electron chi connectivity index (χ0n) is 15.3. The highest BCUT2D eigenvalue weighted by Gasteiger charge is 2.24. The van der Waals surface area contributed by atoms with Gasteiger partial charge in [0, 0.05) is 18.5 Å². The second-order valence-corrected chi connectivity index (χ2v) is 8.26. The molecule has 2 heterocycles. The molecule has 1 saturated carbocycles. The summed E-state index contributed by atoms with van der Waals surface area (Å²) >= 11 is 0. The number of fused-ring (bicyclic) bond motifs is 1. The molecule has 3 nitrogen and oxygen atoms in total. The van der Waals surface area contributed by atoms with Crippen molar-refractivity contribution >= 4 is 10.9 Å². The Morgan fingerprint density at radius 3 is 2.92 bits per heavy atom. The normalized spacial score (nSPS) is 21.3. The smallest absolute Gasteiger partial charge is 0.0650 e. The van der Waals surface area contributed by atoms with Crippen molar-refractivity contribution in [3.8, 4) is 0 Å². The van der Waals surface area contributed by atoms with Gasteiger partial charge < -0.3 is 0 Å². The van der Waals surface area contributed by atoms with Gasteiger partial charge in [-0.25, -0.2) is 0 Å². The lowest BCUT2D eigenvalue weighted by atomic mass is 9.90. The maximum Gasteiger partial charge on any atom is 0.0650 e. The van der Waals surface area contributed by atoms with Crippen LogP contribution in [0, 0.1) is 5.92 Å². The molecule has 1 saturated heterocycles. The first-order valence-corrected chi connectivity index (χ1v) is 10.1. The van der Waals surface area contributed by atoms with E-state index in [0.717, 1.165) is 23.9 Å². The molecule has 1 aliphatic carbocycles. The third-order valence-electron chi connectivity index (χ3n) is 6.04. The number of aromatic nitrogens is 2. The van der Waals surface area contributed by atoms with Crippen LogP contribution in [0.1, 0.15) is 48.3 Å². The standard InChI is InChI=1S/C23H27N3/c1-3-19(13-21(5-1)20-7-8-20)16-26-10-2-4-18(15-26)11-17-6-9-23-22(12-17)14-24-25-23/h1,3,5-6,9,12-14,18,20H,2,4,7-8,10-11,15-16H2,(H,24,25). The zero-order valence-corrected chi connectivity index (χ0v) is 15.3. The van der Waals surface area contributed by atoms with Gasteiger partial charge in [0.05, 0.1) is 11.7 Å². The lowest BCUT2D eigenvalue weighted by Crippen LogP contribution is -2.35. The number of hydrogen-bond donors (Lipinski definition) is 1. The van der Waals surface area contributed by atoms with Crippen molar-refractivity contribution < 1.29 is 0 Å². The van der Waals surface area contributed by atoms with Gasteiger partial charge >= 0.3 is 0 Å². The number of aromatic amines is 1. The van der Waals surface area contributed by atoms with Crippen molar-refractivity contribution in [2.75, 3.05) is 13.1 Å². The lowest BCUT2D eigenvalue weighted by Gasteiger charge is -2.33. The second-order valence-electron chi connectivity index (χ2n) is 8.26. The highest BCUT2D eigenvalue weighted by atomic mass is 15.1. The minimum Gasteiger partial charge on any atom is -0.299 e. The third-order valence-corrected chi connectivity index (χ3v) is 6.04. The average molecular weight is 345 g/mol. The fraction of sp³-hybridized carbons (Fsp3) is 0.435. The van der Waals surface area contributed by atoms with Gasteiger partial charge in [-0.1, -0.05) is 30.3 Å². The Morgan fingerprint density at radius 1 is 1.04 bits per heavy atom. The fourth-order valence-corrected chi connectivity index (χ4v) is 4.53. The number of nitrogens with one attached hydrogen (secondary N) is 1. The molecule has 1 N–H and O–H groups in total. The maximum atomic E-state index is 4.14. The number of nitrogens with zero attached hydrogens (tertiary/aromatic N) is 2. The molecule has 2 aromatic carbocycles. The van der Waals surface area contributed by atoms with E-state index in [1.165, 1.54) is 61.7 Å². The van der Waals surface area contributed by atoms with Crippen molar-refractivity contribution in [3.63, 3.8) is 0 Å². The Balaban J connectivity index is 1.23. The van der Waals surface area contributed by atoms with E-state index in [0.29, 0.717) is 0 Å².